The molecule has 0 spiro atoms. The second-order valence-electron chi connectivity index (χ2n) is 13.9. The molecule has 0 N–H and O–H groups in total. The summed E-state index contributed by atoms with van der Waals surface area (Å²) >= 11 is 0. The first-order valence-corrected chi connectivity index (χ1v) is 18.8. The third kappa shape index (κ3) is 6.40. The number of aromatic nitrogens is 4. The fraction of sp³-hybridized carbons (Fsp3) is 0. The molecule has 4 nitrogen and oxygen atoms in total. The van der Waals surface area contributed by atoms with Gasteiger partial charge in [-0.25, -0.2) is 19.9 Å². The molecular weight excluding hydrogens is 681 g/mol. The number of hydrogen-bond donors (Lipinski definition) is 0. The van der Waals surface area contributed by atoms with E-state index in [0.717, 1.165) is 83.0 Å². The van der Waals surface area contributed by atoms with Crippen molar-refractivity contribution in [1.82, 2.24) is 19.9 Å². The van der Waals surface area contributed by atoms with Gasteiger partial charge in [0, 0.05) is 27.6 Å². The molecule has 2 aromatic heterocycles. The first kappa shape index (κ1) is 33.0. The van der Waals surface area contributed by atoms with Crippen LogP contribution in [-0.4, -0.2) is 19.9 Å². The second-order valence-corrected chi connectivity index (χ2v) is 13.9. The Balaban J connectivity index is 1.18. The molecule has 56 heavy (non-hydrogen) atoms. The lowest BCUT2D eigenvalue weighted by Gasteiger charge is -2.14. The van der Waals surface area contributed by atoms with Crippen molar-refractivity contribution >= 4 is 21.7 Å². The molecule has 2 heterocycles. The Kier molecular flexibility index (Phi) is 8.47. The molecule has 10 rings (SSSR count). The highest BCUT2D eigenvalue weighted by atomic mass is 15.0. The zero-order valence-corrected chi connectivity index (χ0v) is 30.4. The highest BCUT2D eigenvalue weighted by Crippen LogP contribution is 2.38. The number of fused-ring (bicyclic) bond motifs is 3. The topological polar surface area (TPSA) is 51.6 Å². The van der Waals surface area contributed by atoms with Gasteiger partial charge in [-0.15, -0.1) is 0 Å². The highest BCUT2D eigenvalue weighted by Gasteiger charge is 2.17. The fourth-order valence-corrected chi connectivity index (χ4v) is 7.50. The summed E-state index contributed by atoms with van der Waals surface area (Å²) in [7, 11) is 0. The molecule has 4 heteroatoms. The zero-order chi connectivity index (χ0) is 37.3. The Morgan fingerprint density at radius 1 is 0.268 bits per heavy atom. The Hall–Kier alpha value is -7.56. The normalized spacial score (nSPS) is 11.2. The van der Waals surface area contributed by atoms with Crippen molar-refractivity contribution in [2.24, 2.45) is 0 Å². The molecule has 0 fully saturated rings. The molecule has 0 radical (unpaired) electrons. The lowest BCUT2D eigenvalue weighted by atomic mass is 9.93. The van der Waals surface area contributed by atoms with Gasteiger partial charge in [0.1, 0.15) is 0 Å². The van der Waals surface area contributed by atoms with E-state index in [1.807, 2.05) is 18.2 Å². The molecule has 0 bridgehead atoms. The van der Waals surface area contributed by atoms with E-state index in [4.69, 9.17) is 19.9 Å². The third-order valence-electron chi connectivity index (χ3n) is 10.3. The smallest absolute Gasteiger partial charge is 0.164 e. The van der Waals surface area contributed by atoms with Crippen LogP contribution in [0, 0.1) is 0 Å². The SMILES string of the molecule is c1ccc(-c2cccc(-c3nc(-c4cccc(-c5ccccc5)c4)nc(-c4ccc5ccc6nc(-c7ccccc7)cc(-c7ccccc7)c6c5c4)n3)c2)cc1. The monoisotopic (exact) mass is 714 g/mol. The number of benzene rings is 8. The molecule has 0 aliphatic rings. The minimum Gasteiger partial charge on any atom is -0.248 e. The molecule has 0 amide bonds. The number of pyridine rings is 1. The van der Waals surface area contributed by atoms with Gasteiger partial charge >= 0.3 is 0 Å². The summed E-state index contributed by atoms with van der Waals surface area (Å²) in [5.74, 6) is 1.84. The van der Waals surface area contributed by atoms with E-state index in [9.17, 15) is 0 Å². The molecule has 0 atom stereocenters. The van der Waals surface area contributed by atoms with Gasteiger partial charge in [0.2, 0.25) is 0 Å². The fourth-order valence-electron chi connectivity index (χ4n) is 7.50. The predicted molar refractivity (Wildman–Crippen MR) is 231 cm³/mol. The average molecular weight is 715 g/mol. The zero-order valence-electron chi connectivity index (χ0n) is 30.4. The van der Waals surface area contributed by atoms with Gasteiger partial charge in [0.25, 0.3) is 0 Å². The average Bonchev–Trinajstić information content (AvgIpc) is 3.29. The molecular formula is C52H34N4. The predicted octanol–water partition coefficient (Wildman–Crippen LogP) is 13.2. The van der Waals surface area contributed by atoms with Crippen LogP contribution in [0.15, 0.2) is 206 Å². The van der Waals surface area contributed by atoms with E-state index < -0.39 is 0 Å². The summed E-state index contributed by atoms with van der Waals surface area (Å²) in [6, 6.07) is 71.7. The van der Waals surface area contributed by atoms with Crippen LogP contribution in [0.5, 0.6) is 0 Å². The van der Waals surface area contributed by atoms with Gasteiger partial charge in [-0.2, -0.15) is 0 Å². The van der Waals surface area contributed by atoms with Gasteiger partial charge in [0.15, 0.2) is 17.5 Å². The molecule has 0 aliphatic heterocycles. The van der Waals surface area contributed by atoms with Crippen LogP contribution >= 0.6 is 0 Å². The van der Waals surface area contributed by atoms with Crippen molar-refractivity contribution in [2.75, 3.05) is 0 Å². The van der Waals surface area contributed by atoms with E-state index in [2.05, 4.69) is 188 Å². The van der Waals surface area contributed by atoms with Crippen LogP contribution in [0.3, 0.4) is 0 Å². The summed E-state index contributed by atoms with van der Waals surface area (Å²) in [5, 5.41) is 3.30. The molecule has 0 unspecified atom stereocenters. The highest BCUT2D eigenvalue weighted by molar-refractivity contribution is 6.14. The largest absolute Gasteiger partial charge is 0.248 e. The maximum atomic E-state index is 5.22. The van der Waals surface area contributed by atoms with E-state index in [1.165, 1.54) is 0 Å². The number of nitrogens with zero attached hydrogens (tertiary/aromatic N) is 4. The van der Waals surface area contributed by atoms with Gasteiger partial charge in [-0.1, -0.05) is 176 Å². The summed E-state index contributed by atoms with van der Waals surface area (Å²) in [6.45, 7) is 0. The van der Waals surface area contributed by atoms with Crippen molar-refractivity contribution in [3.8, 4) is 78.8 Å². The lowest BCUT2D eigenvalue weighted by molar-refractivity contribution is 1.07. The van der Waals surface area contributed by atoms with Gasteiger partial charge in [-0.05, 0) is 74.5 Å². The van der Waals surface area contributed by atoms with Crippen LogP contribution in [0.2, 0.25) is 0 Å². The third-order valence-corrected chi connectivity index (χ3v) is 10.3. The Bertz CT molecular complexity index is 2900. The molecule has 0 aliphatic carbocycles. The maximum absolute atomic E-state index is 5.22. The minimum atomic E-state index is 0.606. The maximum Gasteiger partial charge on any atom is 0.164 e. The summed E-state index contributed by atoms with van der Waals surface area (Å²) in [6.07, 6.45) is 0. The molecule has 262 valence electrons. The van der Waals surface area contributed by atoms with E-state index in [1.54, 1.807) is 0 Å². The van der Waals surface area contributed by atoms with Crippen LogP contribution in [-0.2, 0) is 0 Å². The van der Waals surface area contributed by atoms with Gasteiger partial charge < -0.3 is 0 Å². The number of hydrogen-bond acceptors (Lipinski definition) is 4. The van der Waals surface area contributed by atoms with E-state index in [0.29, 0.717) is 17.5 Å². The van der Waals surface area contributed by atoms with E-state index in [-0.39, 0.29) is 0 Å². The summed E-state index contributed by atoms with van der Waals surface area (Å²) in [4.78, 5) is 20.8. The van der Waals surface area contributed by atoms with Crippen LogP contribution in [0.4, 0.5) is 0 Å². The Labute approximate surface area is 325 Å². The molecule has 0 saturated heterocycles. The lowest BCUT2D eigenvalue weighted by Crippen LogP contribution is -2.00. The van der Waals surface area contributed by atoms with E-state index >= 15 is 0 Å². The summed E-state index contributed by atoms with van der Waals surface area (Å²) < 4.78 is 0. The van der Waals surface area contributed by atoms with Gasteiger partial charge in [-0.3, -0.25) is 0 Å². The standard InChI is InChI=1S/C52H34N4/c1-5-15-35(16-6-1)40-23-13-25-42(31-40)50-54-51(43-26-14-24-41(32-43)36-17-7-2-8-18-36)56-52(55-50)44-28-27-38-29-30-47-49(45(38)33-44)46(37-19-9-3-10-20-37)34-48(53-47)39-21-11-4-12-22-39/h1-34H. The Morgan fingerprint density at radius 2 is 0.696 bits per heavy atom. The molecule has 0 saturated carbocycles. The van der Waals surface area contributed by atoms with Crippen molar-refractivity contribution in [3.63, 3.8) is 0 Å². The first-order valence-electron chi connectivity index (χ1n) is 18.8. The molecule has 8 aromatic carbocycles. The number of rotatable bonds is 7. The van der Waals surface area contributed by atoms with Crippen molar-refractivity contribution < 1.29 is 0 Å². The quantitative estimate of drug-likeness (QED) is 0.154. The van der Waals surface area contributed by atoms with Crippen LogP contribution < -0.4 is 0 Å². The second kappa shape index (κ2) is 14.3. The van der Waals surface area contributed by atoms with Crippen molar-refractivity contribution in [2.45, 2.75) is 0 Å². The Morgan fingerprint density at radius 3 is 1.23 bits per heavy atom. The summed E-state index contributed by atoms with van der Waals surface area (Å²) in [5.41, 5.74) is 12.4. The van der Waals surface area contributed by atoms with Crippen molar-refractivity contribution in [1.29, 1.82) is 0 Å². The van der Waals surface area contributed by atoms with Crippen LogP contribution in [0.25, 0.3) is 100 Å². The minimum absolute atomic E-state index is 0.606. The first-order chi connectivity index (χ1) is 27.7. The van der Waals surface area contributed by atoms with Crippen LogP contribution in [0.1, 0.15) is 0 Å². The van der Waals surface area contributed by atoms with Gasteiger partial charge in [0.05, 0.1) is 11.2 Å². The van der Waals surface area contributed by atoms with Crippen molar-refractivity contribution in [3.05, 3.63) is 206 Å². The molecule has 10 aromatic rings.